The van der Waals surface area contributed by atoms with Crippen LogP contribution < -0.4 is 5.73 Å². The number of nitrogens with zero attached hydrogens (tertiary/aromatic N) is 4. The Morgan fingerprint density at radius 3 is 2.15 bits per heavy atom. The molecule has 1 heterocycles. The Kier molecular flexibility index (Phi) is 2.10. The smallest absolute Gasteiger partial charge is 0.142 e. The van der Waals surface area contributed by atoms with E-state index in [9.17, 15) is 0 Å². The summed E-state index contributed by atoms with van der Waals surface area (Å²) in [5, 5.41) is 25.8. The Morgan fingerprint density at radius 2 is 1.69 bits per heavy atom. The van der Waals surface area contributed by atoms with E-state index >= 15 is 0 Å². The lowest BCUT2D eigenvalue weighted by Gasteiger charge is -1.98. The molecular formula is C8H3N5. The number of nitrogen functional groups attached to an aromatic ring is 1. The topological polar surface area (TPSA) is 110 Å². The van der Waals surface area contributed by atoms with Gasteiger partial charge in [0.05, 0.1) is 11.1 Å². The highest BCUT2D eigenvalue weighted by molar-refractivity contribution is 5.62. The van der Waals surface area contributed by atoms with E-state index in [-0.39, 0.29) is 22.5 Å². The maximum absolute atomic E-state index is 8.65. The first-order valence-corrected chi connectivity index (χ1v) is 3.23. The Morgan fingerprint density at radius 1 is 1.08 bits per heavy atom. The van der Waals surface area contributed by atoms with Gasteiger partial charge in [-0.2, -0.15) is 15.8 Å². The summed E-state index contributed by atoms with van der Waals surface area (Å²) in [5.41, 5.74) is 5.34. The van der Waals surface area contributed by atoms with Crippen molar-refractivity contribution in [3.63, 3.8) is 0 Å². The van der Waals surface area contributed by atoms with Gasteiger partial charge in [0.15, 0.2) is 0 Å². The van der Waals surface area contributed by atoms with Crippen LogP contribution in [0.15, 0.2) is 6.20 Å². The van der Waals surface area contributed by atoms with Gasteiger partial charge in [-0.05, 0) is 0 Å². The molecule has 0 saturated heterocycles. The van der Waals surface area contributed by atoms with Crippen molar-refractivity contribution in [3.8, 4) is 18.2 Å². The summed E-state index contributed by atoms with van der Waals surface area (Å²) in [5.74, 6) is -0.0296. The Balaban J connectivity index is 3.63. The molecule has 0 aliphatic heterocycles. The van der Waals surface area contributed by atoms with E-state index < -0.39 is 0 Å². The standard InChI is InChI=1S/C8H3N5/c9-1-5-4-13-8(12)7(3-11)6(5)2-10/h4H,(H2,12,13). The summed E-state index contributed by atoms with van der Waals surface area (Å²) < 4.78 is 0. The molecule has 13 heavy (non-hydrogen) atoms. The van der Waals surface area contributed by atoms with E-state index in [1.54, 1.807) is 18.2 Å². The van der Waals surface area contributed by atoms with Crippen molar-refractivity contribution in [3.05, 3.63) is 22.9 Å². The number of aromatic nitrogens is 1. The van der Waals surface area contributed by atoms with Crippen molar-refractivity contribution in [1.82, 2.24) is 4.98 Å². The fourth-order valence-corrected chi connectivity index (χ4v) is 0.840. The van der Waals surface area contributed by atoms with Crippen LogP contribution in [0.3, 0.4) is 0 Å². The van der Waals surface area contributed by atoms with E-state index in [0.29, 0.717) is 0 Å². The summed E-state index contributed by atoms with van der Waals surface area (Å²) in [6, 6.07) is 5.23. The molecule has 0 amide bonds. The molecule has 0 aliphatic rings. The number of rotatable bonds is 0. The summed E-state index contributed by atoms with van der Waals surface area (Å²) in [6.07, 6.45) is 1.18. The van der Waals surface area contributed by atoms with Crippen molar-refractivity contribution in [2.75, 3.05) is 5.73 Å². The number of pyridine rings is 1. The van der Waals surface area contributed by atoms with Crippen LogP contribution in [0.4, 0.5) is 5.82 Å². The largest absolute Gasteiger partial charge is 0.383 e. The highest BCUT2D eigenvalue weighted by atomic mass is 14.8. The van der Waals surface area contributed by atoms with Gasteiger partial charge in [0.2, 0.25) is 0 Å². The molecule has 5 nitrogen and oxygen atoms in total. The van der Waals surface area contributed by atoms with E-state index in [1.807, 2.05) is 0 Å². The zero-order valence-corrected chi connectivity index (χ0v) is 6.44. The molecule has 0 atom stereocenters. The molecule has 0 spiro atoms. The second-order valence-electron chi connectivity index (χ2n) is 2.14. The maximum Gasteiger partial charge on any atom is 0.142 e. The molecule has 0 fully saturated rings. The van der Waals surface area contributed by atoms with Gasteiger partial charge in [0.1, 0.15) is 29.6 Å². The lowest BCUT2D eigenvalue weighted by Crippen LogP contribution is -1.99. The molecule has 60 valence electrons. The Bertz CT molecular complexity index is 469. The van der Waals surface area contributed by atoms with Crippen molar-refractivity contribution >= 4 is 5.82 Å². The molecule has 0 aromatic carbocycles. The predicted molar refractivity (Wildman–Crippen MR) is 42.8 cm³/mol. The van der Waals surface area contributed by atoms with Crippen molar-refractivity contribution in [1.29, 1.82) is 15.8 Å². The summed E-state index contributed by atoms with van der Waals surface area (Å²) in [6.45, 7) is 0. The van der Waals surface area contributed by atoms with Gasteiger partial charge in [-0.3, -0.25) is 0 Å². The predicted octanol–water partition coefficient (Wildman–Crippen LogP) is 0.279. The first-order chi connectivity index (χ1) is 6.24. The van der Waals surface area contributed by atoms with Crippen LogP contribution in [0.1, 0.15) is 16.7 Å². The third kappa shape index (κ3) is 1.24. The second kappa shape index (κ2) is 3.21. The van der Waals surface area contributed by atoms with Gasteiger partial charge in [-0.1, -0.05) is 0 Å². The molecule has 1 aromatic rings. The number of nitrogens with two attached hydrogens (primary N) is 1. The van der Waals surface area contributed by atoms with Crippen LogP contribution in [0.25, 0.3) is 0 Å². The molecule has 0 radical (unpaired) electrons. The summed E-state index contributed by atoms with van der Waals surface area (Å²) >= 11 is 0. The summed E-state index contributed by atoms with van der Waals surface area (Å²) in [4.78, 5) is 3.61. The van der Waals surface area contributed by atoms with Crippen LogP contribution in [0.5, 0.6) is 0 Å². The van der Waals surface area contributed by atoms with Crippen molar-refractivity contribution < 1.29 is 0 Å². The van der Waals surface area contributed by atoms with Gasteiger partial charge in [0.25, 0.3) is 0 Å². The summed E-state index contributed by atoms with van der Waals surface area (Å²) in [7, 11) is 0. The fraction of sp³-hybridized carbons (Fsp3) is 0. The first-order valence-electron chi connectivity index (χ1n) is 3.23. The van der Waals surface area contributed by atoms with Gasteiger partial charge in [0, 0.05) is 6.20 Å². The van der Waals surface area contributed by atoms with Crippen LogP contribution in [0, 0.1) is 34.0 Å². The molecule has 0 bridgehead atoms. The maximum atomic E-state index is 8.65. The monoisotopic (exact) mass is 169 g/mol. The van der Waals surface area contributed by atoms with Gasteiger partial charge < -0.3 is 5.73 Å². The normalized spacial score (nSPS) is 8.08. The second-order valence-corrected chi connectivity index (χ2v) is 2.14. The fourth-order valence-electron chi connectivity index (χ4n) is 0.840. The molecule has 0 unspecified atom stereocenters. The Hall–Kier alpha value is -2.58. The molecule has 2 N–H and O–H groups in total. The van der Waals surface area contributed by atoms with Crippen LogP contribution in [-0.4, -0.2) is 4.98 Å². The molecule has 0 aliphatic carbocycles. The first kappa shape index (κ1) is 8.52. The third-order valence-corrected chi connectivity index (χ3v) is 1.45. The van der Waals surface area contributed by atoms with Crippen molar-refractivity contribution in [2.24, 2.45) is 0 Å². The lowest BCUT2D eigenvalue weighted by atomic mass is 10.1. The minimum absolute atomic E-state index is 0.0162. The van der Waals surface area contributed by atoms with Gasteiger partial charge in [-0.15, -0.1) is 0 Å². The third-order valence-electron chi connectivity index (χ3n) is 1.45. The van der Waals surface area contributed by atoms with Crippen LogP contribution in [-0.2, 0) is 0 Å². The van der Waals surface area contributed by atoms with Gasteiger partial charge in [-0.25, -0.2) is 4.98 Å². The number of anilines is 1. The molecule has 1 aromatic heterocycles. The van der Waals surface area contributed by atoms with Crippen LogP contribution in [0.2, 0.25) is 0 Å². The molecule has 1 rings (SSSR count). The highest BCUT2D eigenvalue weighted by Crippen LogP contribution is 2.15. The van der Waals surface area contributed by atoms with Crippen molar-refractivity contribution in [2.45, 2.75) is 0 Å². The quantitative estimate of drug-likeness (QED) is 0.599. The SMILES string of the molecule is N#Cc1cnc(N)c(C#N)c1C#N. The van der Waals surface area contributed by atoms with E-state index in [1.165, 1.54) is 6.20 Å². The molecule has 0 saturated carbocycles. The zero-order valence-electron chi connectivity index (χ0n) is 6.44. The van der Waals surface area contributed by atoms with Crippen LogP contribution >= 0.6 is 0 Å². The van der Waals surface area contributed by atoms with Gasteiger partial charge >= 0.3 is 0 Å². The highest BCUT2D eigenvalue weighted by Gasteiger charge is 2.11. The Labute approximate surface area is 74.3 Å². The number of hydrogen-bond acceptors (Lipinski definition) is 5. The number of hydrogen-bond donors (Lipinski definition) is 1. The minimum Gasteiger partial charge on any atom is -0.383 e. The average molecular weight is 169 g/mol. The van der Waals surface area contributed by atoms with E-state index in [0.717, 1.165) is 0 Å². The molecule has 5 heteroatoms. The average Bonchev–Trinajstić information content (AvgIpc) is 2.17. The lowest BCUT2D eigenvalue weighted by molar-refractivity contribution is 1.26. The zero-order chi connectivity index (χ0) is 9.84. The van der Waals surface area contributed by atoms with E-state index in [4.69, 9.17) is 21.5 Å². The molecular weight excluding hydrogens is 166 g/mol. The number of nitriles is 3. The van der Waals surface area contributed by atoms with E-state index in [2.05, 4.69) is 4.98 Å². The minimum atomic E-state index is -0.0402.